The van der Waals surface area contributed by atoms with Crippen molar-refractivity contribution in [2.45, 2.75) is 0 Å². The third-order valence-corrected chi connectivity index (χ3v) is 6.24. The second-order valence-electron chi connectivity index (χ2n) is 8.25. The first kappa shape index (κ1) is 21.2. The highest BCUT2D eigenvalue weighted by Crippen LogP contribution is 2.34. The molecule has 0 aliphatic heterocycles. The fraction of sp³-hybridized carbons (Fsp3) is 0. The Hall–Kier alpha value is -4.34. The number of hydrogen-bond donors (Lipinski definition) is 0. The van der Waals surface area contributed by atoms with Gasteiger partial charge in [-0.05, 0) is 34.0 Å². The molecule has 0 radical (unpaired) electrons. The summed E-state index contributed by atoms with van der Waals surface area (Å²) < 4.78 is 0. The van der Waals surface area contributed by atoms with Crippen LogP contribution in [0.15, 0.2) is 121 Å². The molecule has 0 atom stereocenters. The van der Waals surface area contributed by atoms with Gasteiger partial charge in [-0.3, -0.25) is 0 Å². The third kappa shape index (κ3) is 4.18. The number of fused-ring (bicyclic) bond motifs is 1. The fourth-order valence-electron chi connectivity index (χ4n) is 4.32. The molecule has 0 amide bonds. The SMILES string of the molecule is Clc1ccc2cccc(-c3nc(-c4ccccc4)nc(-c4ccccc4-c4ccccc4)n3)c2c1. The second-order valence-corrected chi connectivity index (χ2v) is 8.69. The molecule has 6 rings (SSSR count). The first-order valence-corrected chi connectivity index (χ1v) is 11.8. The van der Waals surface area contributed by atoms with Gasteiger partial charge in [0.15, 0.2) is 17.5 Å². The van der Waals surface area contributed by atoms with Crippen molar-refractivity contribution in [1.29, 1.82) is 0 Å². The zero-order valence-corrected chi connectivity index (χ0v) is 19.5. The van der Waals surface area contributed by atoms with Gasteiger partial charge in [0, 0.05) is 21.7 Å². The van der Waals surface area contributed by atoms with Gasteiger partial charge in [-0.25, -0.2) is 15.0 Å². The summed E-state index contributed by atoms with van der Waals surface area (Å²) in [7, 11) is 0. The number of benzene rings is 5. The molecule has 0 N–H and O–H groups in total. The third-order valence-electron chi connectivity index (χ3n) is 6.01. The molecular weight excluding hydrogens is 450 g/mol. The minimum absolute atomic E-state index is 0.615. The molecule has 3 nitrogen and oxygen atoms in total. The lowest BCUT2D eigenvalue weighted by Gasteiger charge is -2.13. The molecule has 4 heteroatoms. The van der Waals surface area contributed by atoms with Crippen LogP contribution in [0.3, 0.4) is 0 Å². The van der Waals surface area contributed by atoms with Crippen LogP contribution in [0.1, 0.15) is 0 Å². The van der Waals surface area contributed by atoms with E-state index in [-0.39, 0.29) is 0 Å². The molecule has 6 aromatic rings. The van der Waals surface area contributed by atoms with Gasteiger partial charge in [-0.2, -0.15) is 0 Å². The molecule has 0 fully saturated rings. The molecule has 1 heterocycles. The molecule has 0 saturated heterocycles. The van der Waals surface area contributed by atoms with Crippen LogP contribution in [0, 0.1) is 0 Å². The maximum Gasteiger partial charge on any atom is 0.164 e. The Kier molecular flexibility index (Phi) is 5.53. The molecule has 166 valence electrons. The molecular formula is C31H20ClN3. The van der Waals surface area contributed by atoms with Crippen LogP contribution in [-0.2, 0) is 0 Å². The van der Waals surface area contributed by atoms with E-state index in [4.69, 9.17) is 26.6 Å². The quantitative estimate of drug-likeness (QED) is 0.260. The largest absolute Gasteiger partial charge is 0.208 e. The van der Waals surface area contributed by atoms with Crippen LogP contribution >= 0.6 is 11.6 Å². The molecule has 0 saturated carbocycles. The Balaban J connectivity index is 1.63. The van der Waals surface area contributed by atoms with Crippen LogP contribution in [0.25, 0.3) is 56.1 Å². The summed E-state index contributed by atoms with van der Waals surface area (Å²) in [6.45, 7) is 0. The predicted octanol–water partition coefficient (Wildman–Crippen LogP) is 8.35. The standard InChI is InChI=1S/C31H20ClN3/c32-24-19-18-22-14-9-17-27(28(22)20-24)31-34-29(23-12-5-2-6-13-23)33-30(35-31)26-16-8-7-15-25(26)21-10-3-1-4-11-21/h1-20H. The molecule has 5 aromatic carbocycles. The summed E-state index contributed by atoms with van der Waals surface area (Å²) in [4.78, 5) is 14.9. The fourth-order valence-corrected chi connectivity index (χ4v) is 4.49. The van der Waals surface area contributed by atoms with Gasteiger partial charge < -0.3 is 0 Å². The minimum atomic E-state index is 0.615. The lowest BCUT2D eigenvalue weighted by Crippen LogP contribution is -2.01. The summed E-state index contributed by atoms with van der Waals surface area (Å²) in [5.74, 6) is 1.88. The molecule has 0 aliphatic rings. The lowest BCUT2D eigenvalue weighted by atomic mass is 9.99. The van der Waals surface area contributed by atoms with E-state index in [0.717, 1.165) is 38.6 Å². The van der Waals surface area contributed by atoms with Crippen LogP contribution in [0.5, 0.6) is 0 Å². The topological polar surface area (TPSA) is 38.7 Å². The van der Waals surface area contributed by atoms with Crippen molar-refractivity contribution in [3.05, 3.63) is 126 Å². The summed E-state index contributed by atoms with van der Waals surface area (Å²) in [5, 5.41) is 2.77. The number of hydrogen-bond acceptors (Lipinski definition) is 3. The second kappa shape index (κ2) is 9.13. The van der Waals surface area contributed by atoms with Crippen molar-refractivity contribution in [2.75, 3.05) is 0 Å². The highest BCUT2D eigenvalue weighted by Gasteiger charge is 2.16. The van der Waals surface area contributed by atoms with Crippen molar-refractivity contribution in [3.63, 3.8) is 0 Å². The molecule has 1 aromatic heterocycles. The van der Waals surface area contributed by atoms with Gasteiger partial charge >= 0.3 is 0 Å². The predicted molar refractivity (Wildman–Crippen MR) is 144 cm³/mol. The van der Waals surface area contributed by atoms with E-state index in [1.165, 1.54) is 0 Å². The smallest absolute Gasteiger partial charge is 0.164 e. The molecule has 0 spiro atoms. The van der Waals surface area contributed by atoms with E-state index in [1.807, 2.05) is 91.0 Å². The van der Waals surface area contributed by atoms with Gasteiger partial charge in [0.2, 0.25) is 0 Å². The maximum absolute atomic E-state index is 6.37. The van der Waals surface area contributed by atoms with Gasteiger partial charge in [0.1, 0.15) is 0 Å². The van der Waals surface area contributed by atoms with Gasteiger partial charge in [0.25, 0.3) is 0 Å². The van der Waals surface area contributed by atoms with Gasteiger partial charge in [-0.1, -0.05) is 121 Å². The zero-order chi connectivity index (χ0) is 23.6. The Bertz CT molecular complexity index is 1650. The number of rotatable bonds is 4. The minimum Gasteiger partial charge on any atom is -0.208 e. The van der Waals surface area contributed by atoms with Gasteiger partial charge in [0.05, 0.1) is 0 Å². The van der Waals surface area contributed by atoms with Crippen LogP contribution < -0.4 is 0 Å². The van der Waals surface area contributed by atoms with E-state index in [9.17, 15) is 0 Å². The zero-order valence-electron chi connectivity index (χ0n) is 18.8. The van der Waals surface area contributed by atoms with Crippen molar-refractivity contribution in [2.24, 2.45) is 0 Å². The van der Waals surface area contributed by atoms with E-state index in [2.05, 4.69) is 30.3 Å². The Labute approximate surface area is 208 Å². The summed E-state index contributed by atoms with van der Waals surface area (Å²) in [5.41, 5.74) is 5.00. The number of nitrogens with zero attached hydrogens (tertiary/aromatic N) is 3. The average molecular weight is 470 g/mol. The highest BCUT2D eigenvalue weighted by molar-refractivity contribution is 6.31. The Morgan fingerprint density at radius 1 is 0.429 bits per heavy atom. The van der Waals surface area contributed by atoms with E-state index in [1.54, 1.807) is 0 Å². The monoisotopic (exact) mass is 469 g/mol. The molecule has 0 aliphatic carbocycles. The molecule has 35 heavy (non-hydrogen) atoms. The van der Waals surface area contributed by atoms with E-state index < -0.39 is 0 Å². The molecule has 0 bridgehead atoms. The maximum atomic E-state index is 6.37. The Morgan fingerprint density at radius 2 is 1.00 bits per heavy atom. The number of halogens is 1. The number of aromatic nitrogens is 3. The normalized spacial score (nSPS) is 11.0. The van der Waals surface area contributed by atoms with E-state index >= 15 is 0 Å². The van der Waals surface area contributed by atoms with Crippen LogP contribution in [0.4, 0.5) is 0 Å². The van der Waals surface area contributed by atoms with Crippen molar-refractivity contribution >= 4 is 22.4 Å². The van der Waals surface area contributed by atoms with Crippen LogP contribution in [-0.4, -0.2) is 15.0 Å². The van der Waals surface area contributed by atoms with Gasteiger partial charge in [-0.15, -0.1) is 0 Å². The summed E-state index contributed by atoms with van der Waals surface area (Å²) >= 11 is 6.37. The van der Waals surface area contributed by atoms with Crippen LogP contribution in [0.2, 0.25) is 5.02 Å². The highest BCUT2D eigenvalue weighted by atomic mass is 35.5. The first-order chi connectivity index (χ1) is 17.3. The average Bonchev–Trinajstić information content (AvgIpc) is 2.93. The van der Waals surface area contributed by atoms with Crippen molar-refractivity contribution in [1.82, 2.24) is 15.0 Å². The van der Waals surface area contributed by atoms with E-state index in [0.29, 0.717) is 22.5 Å². The summed E-state index contributed by atoms with van der Waals surface area (Å²) in [6, 6.07) is 40.6. The lowest BCUT2D eigenvalue weighted by molar-refractivity contribution is 1.08. The first-order valence-electron chi connectivity index (χ1n) is 11.4. The van der Waals surface area contributed by atoms with Crippen molar-refractivity contribution in [3.8, 4) is 45.3 Å². The Morgan fingerprint density at radius 3 is 1.74 bits per heavy atom. The summed E-state index contributed by atoms with van der Waals surface area (Å²) in [6.07, 6.45) is 0. The molecule has 0 unspecified atom stereocenters. The van der Waals surface area contributed by atoms with Crippen molar-refractivity contribution < 1.29 is 0 Å².